The van der Waals surface area contributed by atoms with Gasteiger partial charge in [-0.2, -0.15) is 5.10 Å². The second kappa shape index (κ2) is 3.66. The third kappa shape index (κ3) is 1.92. The molecular weight excluding hydrogens is 186 g/mol. The highest BCUT2D eigenvalue weighted by atomic mass is 32.1. The Labute approximate surface area is 79.9 Å². The molecular formula is C8H9N3OS. The Balaban J connectivity index is 2.01. The van der Waals surface area contributed by atoms with Gasteiger partial charge in [-0.3, -0.25) is 9.78 Å². The van der Waals surface area contributed by atoms with Gasteiger partial charge in [-0.05, 0) is 6.42 Å². The number of carbonyl (C=O) groups is 1. The van der Waals surface area contributed by atoms with E-state index in [1.165, 1.54) is 16.3 Å². The molecule has 1 aliphatic rings. The summed E-state index contributed by atoms with van der Waals surface area (Å²) in [5, 5.41) is 5.59. The highest BCUT2D eigenvalue weighted by molar-refractivity contribution is 7.11. The zero-order chi connectivity index (χ0) is 9.10. The first-order valence-corrected chi connectivity index (χ1v) is 4.97. The Morgan fingerprint density at radius 2 is 2.62 bits per heavy atom. The average molecular weight is 195 g/mol. The number of amides is 1. The molecule has 1 aromatic rings. The number of hydrogen-bond donors (Lipinski definition) is 0. The van der Waals surface area contributed by atoms with Crippen LogP contribution in [0.2, 0.25) is 0 Å². The van der Waals surface area contributed by atoms with E-state index >= 15 is 0 Å². The number of hydrazone groups is 1. The van der Waals surface area contributed by atoms with Crippen molar-refractivity contribution in [2.75, 3.05) is 6.54 Å². The van der Waals surface area contributed by atoms with E-state index in [9.17, 15) is 4.79 Å². The fraction of sp³-hybridized carbons (Fsp3) is 0.375. The summed E-state index contributed by atoms with van der Waals surface area (Å²) in [7, 11) is 0. The number of rotatable bonds is 2. The predicted octanol–water partition coefficient (Wildman–Crippen LogP) is 1.10. The van der Waals surface area contributed by atoms with Crippen molar-refractivity contribution in [1.82, 2.24) is 9.99 Å². The van der Waals surface area contributed by atoms with Gasteiger partial charge in [-0.15, -0.1) is 11.3 Å². The fourth-order valence-corrected chi connectivity index (χ4v) is 1.65. The van der Waals surface area contributed by atoms with E-state index in [0.29, 0.717) is 6.42 Å². The molecule has 1 amide bonds. The molecule has 0 atom stereocenters. The van der Waals surface area contributed by atoms with Crippen LogP contribution in [0.15, 0.2) is 16.8 Å². The summed E-state index contributed by atoms with van der Waals surface area (Å²) in [6, 6.07) is 0. The summed E-state index contributed by atoms with van der Waals surface area (Å²) in [4.78, 5) is 16.0. The smallest absolute Gasteiger partial charge is 0.242 e. The SMILES string of the molecule is O=C1CCCN1/N=C/c1cncs1. The van der Waals surface area contributed by atoms with Gasteiger partial charge in [0.15, 0.2) is 0 Å². The van der Waals surface area contributed by atoms with Crippen molar-refractivity contribution in [3.05, 3.63) is 16.6 Å². The monoisotopic (exact) mass is 195 g/mol. The third-order valence-corrected chi connectivity index (χ3v) is 2.53. The van der Waals surface area contributed by atoms with Gasteiger partial charge in [-0.1, -0.05) is 0 Å². The molecule has 0 N–H and O–H groups in total. The molecule has 0 spiro atoms. The van der Waals surface area contributed by atoms with Crippen LogP contribution < -0.4 is 0 Å². The first kappa shape index (κ1) is 8.37. The zero-order valence-corrected chi connectivity index (χ0v) is 7.83. The van der Waals surface area contributed by atoms with Crippen molar-refractivity contribution < 1.29 is 4.79 Å². The van der Waals surface area contributed by atoms with Crippen LogP contribution in [-0.2, 0) is 4.79 Å². The minimum absolute atomic E-state index is 0.112. The van der Waals surface area contributed by atoms with Crippen LogP contribution in [0, 0.1) is 0 Å². The van der Waals surface area contributed by atoms with Crippen LogP contribution in [0.1, 0.15) is 17.7 Å². The number of carbonyl (C=O) groups excluding carboxylic acids is 1. The van der Waals surface area contributed by atoms with Crippen molar-refractivity contribution in [1.29, 1.82) is 0 Å². The highest BCUT2D eigenvalue weighted by Gasteiger charge is 2.18. The summed E-state index contributed by atoms with van der Waals surface area (Å²) in [6.45, 7) is 0.744. The van der Waals surface area contributed by atoms with Gasteiger partial charge in [0.2, 0.25) is 5.91 Å². The molecule has 2 rings (SSSR count). The summed E-state index contributed by atoms with van der Waals surface area (Å²) in [6.07, 6.45) is 4.95. The second-order valence-electron chi connectivity index (χ2n) is 2.77. The minimum Gasteiger partial charge on any atom is -0.273 e. The van der Waals surface area contributed by atoms with Crippen molar-refractivity contribution in [2.45, 2.75) is 12.8 Å². The molecule has 0 aromatic carbocycles. The quantitative estimate of drug-likeness (QED) is 0.663. The van der Waals surface area contributed by atoms with E-state index in [4.69, 9.17) is 0 Å². The van der Waals surface area contributed by atoms with Crippen molar-refractivity contribution in [3.63, 3.8) is 0 Å². The lowest BCUT2D eigenvalue weighted by atomic mass is 10.4. The Bertz CT molecular complexity index is 320. The maximum absolute atomic E-state index is 11.1. The van der Waals surface area contributed by atoms with Gasteiger partial charge in [0.1, 0.15) is 0 Å². The van der Waals surface area contributed by atoms with Gasteiger partial charge in [-0.25, -0.2) is 5.01 Å². The summed E-state index contributed by atoms with van der Waals surface area (Å²) in [5.74, 6) is 0.112. The molecule has 0 unspecified atom stereocenters. The van der Waals surface area contributed by atoms with Crippen LogP contribution in [0.4, 0.5) is 0 Å². The number of aromatic nitrogens is 1. The van der Waals surface area contributed by atoms with Gasteiger partial charge < -0.3 is 0 Å². The number of thiazole rings is 1. The third-order valence-electron chi connectivity index (χ3n) is 1.82. The van der Waals surface area contributed by atoms with Crippen LogP contribution in [0.5, 0.6) is 0 Å². The van der Waals surface area contributed by atoms with Crippen molar-refractivity contribution in [2.24, 2.45) is 5.10 Å². The van der Waals surface area contributed by atoms with Crippen LogP contribution in [0.3, 0.4) is 0 Å². The molecule has 4 nitrogen and oxygen atoms in total. The lowest BCUT2D eigenvalue weighted by molar-refractivity contribution is -0.127. The topological polar surface area (TPSA) is 45.6 Å². The fourth-order valence-electron chi connectivity index (χ4n) is 1.17. The van der Waals surface area contributed by atoms with Crippen molar-refractivity contribution >= 4 is 23.5 Å². The molecule has 0 bridgehead atoms. The van der Waals surface area contributed by atoms with Crippen molar-refractivity contribution in [3.8, 4) is 0 Å². The van der Waals surface area contributed by atoms with E-state index in [1.807, 2.05) is 0 Å². The maximum Gasteiger partial charge on any atom is 0.242 e. The molecule has 2 heterocycles. The van der Waals surface area contributed by atoms with E-state index in [-0.39, 0.29) is 5.91 Å². The Morgan fingerprint density at radius 1 is 1.69 bits per heavy atom. The molecule has 5 heteroatoms. The molecule has 1 aromatic heterocycles. The molecule has 0 saturated carbocycles. The molecule has 1 aliphatic heterocycles. The second-order valence-corrected chi connectivity index (χ2v) is 3.69. The van der Waals surface area contributed by atoms with Gasteiger partial charge in [0.25, 0.3) is 0 Å². The molecule has 0 radical (unpaired) electrons. The summed E-state index contributed by atoms with van der Waals surface area (Å²) >= 11 is 1.51. The first-order chi connectivity index (χ1) is 6.36. The van der Waals surface area contributed by atoms with Crippen LogP contribution >= 0.6 is 11.3 Å². The normalized spacial score (nSPS) is 17.5. The summed E-state index contributed by atoms with van der Waals surface area (Å²) in [5.41, 5.74) is 1.74. The minimum atomic E-state index is 0.112. The Hall–Kier alpha value is -1.23. The number of nitrogens with zero attached hydrogens (tertiary/aromatic N) is 3. The van der Waals surface area contributed by atoms with Gasteiger partial charge >= 0.3 is 0 Å². The lowest BCUT2D eigenvalue weighted by Crippen LogP contribution is -2.17. The Morgan fingerprint density at radius 3 is 3.23 bits per heavy atom. The van der Waals surface area contributed by atoms with Crippen LogP contribution in [-0.4, -0.2) is 28.7 Å². The maximum atomic E-state index is 11.1. The highest BCUT2D eigenvalue weighted by Crippen LogP contribution is 2.10. The zero-order valence-electron chi connectivity index (χ0n) is 7.01. The van der Waals surface area contributed by atoms with E-state index < -0.39 is 0 Å². The number of hydrogen-bond acceptors (Lipinski definition) is 4. The summed E-state index contributed by atoms with van der Waals surface area (Å²) < 4.78 is 0. The first-order valence-electron chi connectivity index (χ1n) is 4.09. The molecule has 0 aliphatic carbocycles. The lowest BCUT2D eigenvalue weighted by Gasteiger charge is -2.05. The average Bonchev–Trinajstić information content (AvgIpc) is 2.72. The Kier molecular flexibility index (Phi) is 2.35. The molecule has 13 heavy (non-hydrogen) atoms. The standard InChI is InChI=1S/C8H9N3OS/c12-8-2-1-3-11(8)10-5-7-4-9-6-13-7/h4-6H,1-3H2/b10-5+. The van der Waals surface area contributed by atoms with E-state index in [1.54, 1.807) is 17.9 Å². The van der Waals surface area contributed by atoms with E-state index in [0.717, 1.165) is 17.8 Å². The molecule has 1 saturated heterocycles. The van der Waals surface area contributed by atoms with E-state index in [2.05, 4.69) is 10.1 Å². The molecule has 1 fully saturated rings. The van der Waals surface area contributed by atoms with Crippen LogP contribution in [0.25, 0.3) is 0 Å². The predicted molar refractivity (Wildman–Crippen MR) is 50.7 cm³/mol. The van der Waals surface area contributed by atoms with Gasteiger partial charge in [0, 0.05) is 19.2 Å². The molecule has 68 valence electrons. The largest absolute Gasteiger partial charge is 0.273 e. The van der Waals surface area contributed by atoms with Gasteiger partial charge in [0.05, 0.1) is 16.6 Å².